The molecule has 3 N–H and O–H groups in total. The van der Waals surface area contributed by atoms with Crippen molar-refractivity contribution >= 4 is 11.9 Å². The van der Waals surface area contributed by atoms with Crippen molar-refractivity contribution in [3.63, 3.8) is 0 Å². The largest absolute Gasteiger partial charge is 0.469 e. The Morgan fingerprint density at radius 2 is 2.12 bits per heavy atom. The van der Waals surface area contributed by atoms with Gasteiger partial charge in [0.05, 0.1) is 13.4 Å². The van der Waals surface area contributed by atoms with Crippen LogP contribution in [0.2, 0.25) is 0 Å². The van der Waals surface area contributed by atoms with Crippen LogP contribution in [0.3, 0.4) is 0 Å². The molecule has 7 heteroatoms. The van der Waals surface area contributed by atoms with Gasteiger partial charge >= 0.3 is 5.97 Å². The van der Waals surface area contributed by atoms with Crippen LogP contribution in [0.4, 0.5) is 4.39 Å². The van der Waals surface area contributed by atoms with Crippen LogP contribution in [-0.2, 0) is 16.0 Å². The van der Waals surface area contributed by atoms with Crippen LogP contribution < -0.4 is 11.1 Å². The molecule has 0 aliphatic rings. The molecule has 0 saturated heterocycles. The fourth-order valence-corrected chi connectivity index (χ4v) is 2.29. The zero-order chi connectivity index (χ0) is 17.7. The van der Waals surface area contributed by atoms with Crippen molar-refractivity contribution in [3.05, 3.63) is 47.7 Å². The predicted molar refractivity (Wildman–Crippen MR) is 85.8 cm³/mol. The molecule has 6 nitrogen and oxygen atoms in total. The Bertz CT molecular complexity index is 742. The van der Waals surface area contributed by atoms with Crippen molar-refractivity contribution in [1.82, 2.24) is 5.32 Å². The van der Waals surface area contributed by atoms with E-state index in [2.05, 4.69) is 10.1 Å². The Balaban J connectivity index is 2.19. The van der Waals surface area contributed by atoms with Crippen LogP contribution >= 0.6 is 0 Å². The van der Waals surface area contributed by atoms with Crippen LogP contribution in [0.15, 0.2) is 34.9 Å². The van der Waals surface area contributed by atoms with Crippen molar-refractivity contribution in [3.8, 4) is 11.1 Å². The highest BCUT2D eigenvalue weighted by Gasteiger charge is 2.17. The Hall–Kier alpha value is -2.67. The average Bonchev–Trinajstić information content (AvgIpc) is 3.06. The first-order chi connectivity index (χ1) is 11.5. The molecule has 0 saturated carbocycles. The number of nitrogens with one attached hydrogen (secondary N) is 1. The topological polar surface area (TPSA) is 94.6 Å². The van der Waals surface area contributed by atoms with Crippen LogP contribution in [-0.4, -0.2) is 31.6 Å². The number of ether oxygens (including phenoxy) is 1. The molecule has 1 amide bonds. The van der Waals surface area contributed by atoms with Gasteiger partial charge in [-0.25, -0.2) is 4.39 Å². The standard InChI is InChI=1S/C17H19FN2O4/c1-3-15-13(4-5-24-15)10-6-11(8-12(18)7-10)16(21)20-9-14(19)17(22)23-2/h4-8,14H,3,9,19H2,1-2H3,(H,20,21). The van der Waals surface area contributed by atoms with E-state index < -0.39 is 23.7 Å². The maximum absolute atomic E-state index is 13.9. The minimum absolute atomic E-state index is 0.108. The molecule has 1 heterocycles. The maximum atomic E-state index is 13.9. The van der Waals surface area contributed by atoms with Crippen LogP contribution in [0.1, 0.15) is 23.0 Å². The van der Waals surface area contributed by atoms with E-state index in [9.17, 15) is 14.0 Å². The number of aryl methyl sites for hydroxylation is 1. The lowest BCUT2D eigenvalue weighted by atomic mass is 10.0. The van der Waals surface area contributed by atoms with Gasteiger partial charge < -0.3 is 20.2 Å². The van der Waals surface area contributed by atoms with Crippen LogP contribution in [0.25, 0.3) is 11.1 Å². The maximum Gasteiger partial charge on any atom is 0.324 e. The molecule has 0 aliphatic heterocycles. The number of benzene rings is 1. The van der Waals surface area contributed by atoms with E-state index in [1.807, 2.05) is 6.92 Å². The highest BCUT2D eigenvalue weighted by Crippen LogP contribution is 2.27. The number of carbonyl (C=O) groups excluding carboxylic acids is 2. The molecule has 24 heavy (non-hydrogen) atoms. The normalized spacial score (nSPS) is 11.8. The summed E-state index contributed by atoms with van der Waals surface area (Å²) in [6, 6.07) is 4.76. The third-order valence-electron chi connectivity index (χ3n) is 3.52. The lowest BCUT2D eigenvalue weighted by Crippen LogP contribution is -2.43. The highest BCUT2D eigenvalue weighted by molar-refractivity contribution is 5.96. The van der Waals surface area contributed by atoms with Crippen LogP contribution in [0.5, 0.6) is 0 Å². The first-order valence-corrected chi connectivity index (χ1v) is 7.45. The van der Waals surface area contributed by atoms with Crippen molar-refractivity contribution in [2.75, 3.05) is 13.7 Å². The molecular weight excluding hydrogens is 315 g/mol. The summed E-state index contributed by atoms with van der Waals surface area (Å²) >= 11 is 0. The second-order valence-corrected chi connectivity index (χ2v) is 5.18. The third-order valence-corrected chi connectivity index (χ3v) is 3.52. The van der Waals surface area contributed by atoms with Gasteiger partial charge in [-0.2, -0.15) is 0 Å². The third kappa shape index (κ3) is 3.99. The van der Waals surface area contributed by atoms with Gasteiger partial charge in [0.2, 0.25) is 0 Å². The highest BCUT2D eigenvalue weighted by atomic mass is 19.1. The number of rotatable bonds is 6. The molecule has 128 valence electrons. The second kappa shape index (κ2) is 7.74. The lowest BCUT2D eigenvalue weighted by molar-refractivity contribution is -0.141. The van der Waals surface area contributed by atoms with E-state index >= 15 is 0 Å². The number of furan rings is 1. The van der Waals surface area contributed by atoms with Gasteiger partial charge in [0, 0.05) is 24.1 Å². The predicted octanol–water partition coefficient (Wildman–Crippen LogP) is 1.88. The van der Waals surface area contributed by atoms with E-state index in [1.54, 1.807) is 12.1 Å². The number of halogens is 1. The SMILES string of the molecule is CCc1occc1-c1cc(F)cc(C(=O)NCC(N)C(=O)OC)c1. The van der Waals surface area contributed by atoms with E-state index in [0.717, 1.165) is 11.6 Å². The zero-order valence-electron chi connectivity index (χ0n) is 13.5. The lowest BCUT2D eigenvalue weighted by Gasteiger charge is -2.11. The molecule has 2 rings (SSSR count). The monoisotopic (exact) mass is 334 g/mol. The van der Waals surface area contributed by atoms with Crippen LogP contribution in [0, 0.1) is 5.82 Å². The summed E-state index contributed by atoms with van der Waals surface area (Å²) < 4.78 is 23.7. The first kappa shape index (κ1) is 17.7. The van der Waals surface area contributed by atoms with Crippen molar-refractivity contribution < 1.29 is 23.1 Å². The second-order valence-electron chi connectivity index (χ2n) is 5.18. The molecule has 1 unspecified atom stereocenters. The van der Waals surface area contributed by atoms with Crippen molar-refractivity contribution in [1.29, 1.82) is 0 Å². The number of carbonyl (C=O) groups is 2. The van der Waals surface area contributed by atoms with E-state index in [-0.39, 0.29) is 12.1 Å². The minimum atomic E-state index is -0.979. The summed E-state index contributed by atoms with van der Waals surface area (Å²) in [7, 11) is 1.21. The van der Waals surface area contributed by atoms with E-state index in [4.69, 9.17) is 10.2 Å². The van der Waals surface area contributed by atoms with Crippen molar-refractivity contribution in [2.45, 2.75) is 19.4 Å². The summed E-state index contributed by atoms with van der Waals surface area (Å²) in [5.41, 5.74) is 6.96. The van der Waals surface area contributed by atoms with Crippen molar-refractivity contribution in [2.24, 2.45) is 5.73 Å². The summed E-state index contributed by atoms with van der Waals surface area (Å²) in [4.78, 5) is 23.4. The van der Waals surface area contributed by atoms with Gasteiger partial charge in [-0.15, -0.1) is 0 Å². The molecule has 2 aromatic rings. The van der Waals surface area contributed by atoms with Gasteiger partial charge in [0.15, 0.2) is 0 Å². The fraction of sp³-hybridized carbons (Fsp3) is 0.294. The molecule has 0 fully saturated rings. The zero-order valence-corrected chi connectivity index (χ0v) is 13.5. The number of methoxy groups -OCH3 is 1. The molecule has 1 aromatic heterocycles. The van der Waals surface area contributed by atoms with Gasteiger partial charge in [-0.3, -0.25) is 9.59 Å². The minimum Gasteiger partial charge on any atom is -0.469 e. The number of hydrogen-bond acceptors (Lipinski definition) is 5. The van der Waals surface area contributed by atoms with E-state index in [0.29, 0.717) is 17.7 Å². The smallest absolute Gasteiger partial charge is 0.324 e. The summed E-state index contributed by atoms with van der Waals surface area (Å²) in [6.07, 6.45) is 2.17. The Morgan fingerprint density at radius 1 is 1.38 bits per heavy atom. The molecule has 1 atom stereocenters. The summed E-state index contributed by atoms with van der Waals surface area (Å²) in [5.74, 6) is -1.00. The molecule has 0 spiro atoms. The van der Waals surface area contributed by atoms with E-state index in [1.165, 1.54) is 19.4 Å². The molecular formula is C17H19FN2O4. The Kier molecular flexibility index (Phi) is 5.70. The molecule has 0 radical (unpaired) electrons. The number of nitrogens with two attached hydrogens (primary N) is 1. The molecule has 1 aromatic carbocycles. The number of hydrogen-bond donors (Lipinski definition) is 2. The Morgan fingerprint density at radius 3 is 2.79 bits per heavy atom. The molecule has 0 aliphatic carbocycles. The van der Waals surface area contributed by atoms with Gasteiger partial charge in [-0.1, -0.05) is 6.92 Å². The Labute approximate surface area is 138 Å². The van der Waals surface area contributed by atoms with Gasteiger partial charge in [0.25, 0.3) is 5.91 Å². The molecule has 0 bridgehead atoms. The van der Waals surface area contributed by atoms with Gasteiger partial charge in [0.1, 0.15) is 17.6 Å². The first-order valence-electron chi connectivity index (χ1n) is 7.45. The quantitative estimate of drug-likeness (QED) is 0.787. The number of amides is 1. The van der Waals surface area contributed by atoms with Gasteiger partial charge in [-0.05, 0) is 29.8 Å². The summed E-state index contributed by atoms with van der Waals surface area (Å²) in [5, 5.41) is 2.49. The fourth-order valence-electron chi connectivity index (χ4n) is 2.29. The average molecular weight is 334 g/mol. The number of esters is 1. The summed E-state index contributed by atoms with van der Waals surface area (Å²) in [6.45, 7) is 1.81.